The van der Waals surface area contributed by atoms with Crippen molar-refractivity contribution in [2.24, 2.45) is 0 Å². The van der Waals surface area contributed by atoms with E-state index in [1.807, 2.05) is 0 Å². The predicted octanol–water partition coefficient (Wildman–Crippen LogP) is 4.39. The summed E-state index contributed by atoms with van der Waals surface area (Å²) in [5.41, 5.74) is 7.87. The van der Waals surface area contributed by atoms with Crippen molar-refractivity contribution in [1.82, 2.24) is 19.9 Å². The lowest BCUT2D eigenvalue weighted by Crippen LogP contribution is -2.32. The van der Waals surface area contributed by atoms with E-state index < -0.39 is 17.9 Å². The van der Waals surface area contributed by atoms with Crippen LogP contribution >= 0.6 is 11.6 Å². The summed E-state index contributed by atoms with van der Waals surface area (Å²) in [5.74, 6) is -1.26. The van der Waals surface area contributed by atoms with Crippen molar-refractivity contribution >= 4 is 29.1 Å². The molecule has 0 saturated heterocycles. The average molecular weight is 456 g/mol. The maximum Gasteiger partial charge on any atom is 0.254 e. The Labute approximate surface area is 188 Å². The number of nitrogens with two attached hydrogens (primary N) is 1. The second-order valence-corrected chi connectivity index (χ2v) is 7.88. The van der Waals surface area contributed by atoms with Gasteiger partial charge in [-0.15, -0.1) is 5.10 Å². The Morgan fingerprint density at radius 1 is 1.22 bits per heavy atom. The van der Waals surface area contributed by atoms with Gasteiger partial charge in [0.15, 0.2) is 5.65 Å². The monoisotopic (exact) mass is 455 g/mol. The normalized spacial score (nSPS) is 12.1. The molecule has 0 radical (unpaired) electrons. The predicted molar refractivity (Wildman–Crippen MR) is 120 cm³/mol. The number of pyridine rings is 1. The minimum atomic E-state index is -1.33. The Hall–Kier alpha value is -3.52. The van der Waals surface area contributed by atoms with Crippen LogP contribution in [-0.4, -0.2) is 33.2 Å². The zero-order valence-corrected chi connectivity index (χ0v) is 17.9. The number of benzene rings is 2. The molecule has 0 spiro atoms. The molecule has 1 atom stereocenters. The first kappa shape index (κ1) is 21.7. The third-order valence-corrected chi connectivity index (χ3v) is 5.35. The van der Waals surface area contributed by atoms with Crippen LogP contribution in [0.1, 0.15) is 21.5 Å². The first-order valence-corrected chi connectivity index (χ1v) is 10.3. The Kier molecular flexibility index (Phi) is 6.05. The number of nitrogens with one attached hydrogen (secondary N) is 1. The first-order chi connectivity index (χ1) is 15.3. The van der Waals surface area contributed by atoms with E-state index in [9.17, 15) is 9.18 Å². The second-order valence-electron chi connectivity index (χ2n) is 7.45. The lowest BCUT2D eigenvalue weighted by molar-refractivity contribution is 0.0937. The fourth-order valence-corrected chi connectivity index (χ4v) is 3.61. The van der Waals surface area contributed by atoms with Gasteiger partial charge in [0.25, 0.3) is 5.91 Å². The molecule has 0 aliphatic heterocycles. The van der Waals surface area contributed by atoms with Crippen LogP contribution in [0.3, 0.4) is 0 Å². The van der Waals surface area contributed by atoms with Crippen molar-refractivity contribution in [2.75, 3.05) is 12.3 Å². The van der Waals surface area contributed by atoms with Crippen molar-refractivity contribution in [3.05, 3.63) is 82.3 Å². The van der Waals surface area contributed by atoms with Crippen LogP contribution in [0.2, 0.25) is 5.02 Å². The highest BCUT2D eigenvalue weighted by Crippen LogP contribution is 2.28. The zero-order valence-electron chi connectivity index (χ0n) is 17.1. The number of nitrogens with zero attached hydrogens (tertiary/aromatic N) is 3. The smallest absolute Gasteiger partial charge is 0.254 e. The maximum absolute atomic E-state index is 15.3. The van der Waals surface area contributed by atoms with Gasteiger partial charge in [-0.3, -0.25) is 4.79 Å². The molecule has 1 amide bonds. The number of halogens is 3. The minimum absolute atomic E-state index is 0.103. The highest BCUT2D eigenvalue weighted by molar-refractivity contribution is 6.30. The van der Waals surface area contributed by atoms with Crippen LogP contribution in [0, 0.1) is 12.7 Å². The van der Waals surface area contributed by atoms with E-state index in [2.05, 4.69) is 15.4 Å². The van der Waals surface area contributed by atoms with Gasteiger partial charge in [0.05, 0.1) is 5.56 Å². The molecule has 2 aromatic carbocycles. The van der Waals surface area contributed by atoms with Crippen LogP contribution in [0.4, 0.5) is 14.7 Å². The number of carbonyl (C=O) groups is 1. The minimum Gasteiger partial charge on any atom is -0.366 e. The molecule has 0 saturated carbocycles. The van der Waals surface area contributed by atoms with E-state index in [0.29, 0.717) is 21.8 Å². The number of nitrogen functional groups attached to an aromatic ring is 1. The summed E-state index contributed by atoms with van der Waals surface area (Å²) in [4.78, 5) is 16.8. The van der Waals surface area contributed by atoms with Crippen molar-refractivity contribution in [2.45, 2.75) is 19.5 Å². The Balaban J connectivity index is 1.52. The first-order valence-electron chi connectivity index (χ1n) is 9.90. The molecule has 6 nitrogen and oxygen atoms in total. The van der Waals surface area contributed by atoms with E-state index >= 15 is 4.39 Å². The van der Waals surface area contributed by atoms with Gasteiger partial charge in [-0.25, -0.2) is 13.3 Å². The molecular formula is C23H20ClF2N5O. The van der Waals surface area contributed by atoms with Crippen LogP contribution < -0.4 is 11.1 Å². The fourth-order valence-electron chi connectivity index (χ4n) is 3.48. The van der Waals surface area contributed by atoms with E-state index in [0.717, 1.165) is 5.56 Å². The van der Waals surface area contributed by atoms with Gasteiger partial charge >= 0.3 is 0 Å². The van der Waals surface area contributed by atoms with Crippen molar-refractivity contribution < 1.29 is 13.6 Å². The van der Waals surface area contributed by atoms with Crippen LogP contribution in [0.15, 0.2) is 54.7 Å². The Morgan fingerprint density at radius 2 is 1.97 bits per heavy atom. The van der Waals surface area contributed by atoms with E-state index in [1.54, 1.807) is 61.7 Å². The maximum atomic E-state index is 15.3. The largest absolute Gasteiger partial charge is 0.366 e. The number of anilines is 1. The SMILES string of the molecule is Cc1ccc(-c2ccn3nc(N)nc3c2)c(F)c1C(=O)NCC(F)Cc1ccc(Cl)cc1. The number of aromatic nitrogens is 3. The molecular weight excluding hydrogens is 436 g/mol. The standard InChI is InChI=1S/C23H20ClF2N5O/c1-13-2-7-18(15-8-9-31-19(11-15)29-23(27)30-31)21(26)20(13)22(32)28-12-17(25)10-14-3-5-16(24)6-4-14/h2-9,11,17H,10,12H2,1H3,(H2,27,30)(H,28,32). The molecule has 0 fully saturated rings. The average Bonchev–Trinajstić information content (AvgIpc) is 3.13. The van der Waals surface area contributed by atoms with Gasteiger partial charge in [0.2, 0.25) is 5.95 Å². The van der Waals surface area contributed by atoms with Gasteiger partial charge in [0, 0.05) is 29.7 Å². The molecule has 2 aromatic heterocycles. The van der Waals surface area contributed by atoms with Gasteiger partial charge in [-0.2, -0.15) is 4.98 Å². The number of hydrogen-bond acceptors (Lipinski definition) is 4. The van der Waals surface area contributed by atoms with Crippen LogP contribution in [0.25, 0.3) is 16.8 Å². The molecule has 0 bridgehead atoms. The van der Waals surface area contributed by atoms with Gasteiger partial charge in [-0.1, -0.05) is 35.9 Å². The molecule has 164 valence electrons. The molecule has 3 N–H and O–H groups in total. The second kappa shape index (κ2) is 8.92. The van der Waals surface area contributed by atoms with Crippen LogP contribution in [0.5, 0.6) is 0 Å². The molecule has 4 rings (SSSR count). The molecule has 4 aromatic rings. The van der Waals surface area contributed by atoms with E-state index in [-0.39, 0.29) is 30.0 Å². The summed E-state index contributed by atoms with van der Waals surface area (Å²) in [5, 5.41) is 7.05. The van der Waals surface area contributed by atoms with Gasteiger partial charge in [-0.05, 0) is 47.9 Å². The number of alkyl halides is 1. The summed E-state index contributed by atoms with van der Waals surface area (Å²) in [7, 11) is 0. The molecule has 32 heavy (non-hydrogen) atoms. The van der Waals surface area contributed by atoms with E-state index in [1.165, 1.54) is 4.52 Å². The molecule has 9 heteroatoms. The lowest BCUT2D eigenvalue weighted by Gasteiger charge is -2.14. The Bertz CT molecular complexity index is 1290. The summed E-state index contributed by atoms with van der Waals surface area (Å²) >= 11 is 5.84. The fraction of sp³-hybridized carbons (Fsp3) is 0.174. The number of rotatable bonds is 6. The van der Waals surface area contributed by atoms with Gasteiger partial charge < -0.3 is 11.1 Å². The lowest BCUT2D eigenvalue weighted by atomic mass is 9.98. The third kappa shape index (κ3) is 4.55. The van der Waals surface area contributed by atoms with E-state index in [4.69, 9.17) is 17.3 Å². The topological polar surface area (TPSA) is 85.3 Å². The molecule has 2 heterocycles. The summed E-state index contributed by atoms with van der Waals surface area (Å²) in [6, 6.07) is 13.3. The number of amides is 1. The van der Waals surface area contributed by atoms with Crippen LogP contribution in [-0.2, 0) is 6.42 Å². The summed E-state index contributed by atoms with van der Waals surface area (Å²) in [6.45, 7) is 1.39. The number of hydrogen-bond donors (Lipinski definition) is 2. The molecule has 0 aliphatic carbocycles. The summed E-state index contributed by atoms with van der Waals surface area (Å²) in [6.07, 6.45) is 0.394. The molecule has 1 unspecified atom stereocenters. The number of carbonyl (C=O) groups excluding carboxylic acids is 1. The third-order valence-electron chi connectivity index (χ3n) is 5.10. The van der Waals surface area contributed by atoms with Crippen molar-refractivity contribution in [3.8, 4) is 11.1 Å². The van der Waals surface area contributed by atoms with Gasteiger partial charge in [0.1, 0.15) is 12.0 Å². The molecule has 0 aliphatic rings. The highest BCUT2D eigenvalue weighted by atomic mass is 35.5. The summed E-state index contributed by atoms with van der Waals surface area (Å²) < 4.78 is 31.2. The quantitative estimate of drug-likeness (QED) is 0.451. The number of aryl methyl sites for hydroxylation is 1. The number of fused-ring (bicyclic) bond motifs is 1. The Morgan fingerprint density at radius 3 is 2.72 bits per heavy atom. The van der Waals surface area contributed by atoms with Crippen molar-refractivity contribution in [3.63, 3.8) is 0 Å². The highest BCUT2D eigenvalue weighted by Gasteiger charge is 2.20. The van der Waals surface area contributed by atoms with Crippen molar-refractivity contribution in [1.29, 1.82) is 0 Å². The zero-order chi connectivity index (χ0) is 22.8.